The number of carboxylic acid groups (broad SMARTS) is 1. The van der Waals surface area contributed by atoms with E-state index in [0.717, 1.165) is 12.1 Å². The smallest absolute Gasteiger partial charge is 0.319 e. The summed E-state index contributed by atoms with van der Waals surface area (Å²) in [6.07, 6.45) is -0.236. The zero-order valence-electron chi connectivity index (χ0n) is 9.62. The van der Waals surface area contributed by atoms with Gasteiger partial charge in [0.05, 0.1) is 23.1 Å². The monoisotopic (exact) mass is 269 g/mol. The molecule has 19 heavy (non-hydrogen) atoms. The molecule has 0 saturated heterocycles. The summed E-state index contributed by atoms with van der Waals surface area (Å²) >= 11 is 0. The maximum Gasteiger partial charge on any atom is 0.319 e. The van der Waals surface area contributed by atoms with Crippen LogP contribution >= 0.6 is 0 Å². The summed E-state index contributed by atoms with van der Waals surface area (Å²) in [4.78, 5) is 31.3. The molecule has 0 radical (unpaired) electrons. The fourth-order valence-electron chi connectivity index (χ4n) is 1.19. The number of rotatable bonds is 5. The normalized spacial score (nSPS) is 9.68. The highest BCUT2D eigenvalue weighted by Gasteiger charge is 2.11. The number of amides is 2. The molecule has 2 amide bonds. The van der Waals surface area contributed by atoms with E-state index in [0.29, 0.717) is 0 Å². The van der Waals surface area contributed by atoms with Gasteiger partial charge in [0.15, 0.2) is 0 Å². The predicted octanol–water partition coefficient (Wildman–Crippen LogP) is 0.897. The molecule has 0 atom stereocenters. The van der Waals surface area contributed by atoms with E-state index < -0.39 is 22.7 Å². The molecule has 9 heteroatoms. The fourth-order valence-corrected chi connectivity index (χ4v) is 1.19. The van der Waals surface area contributed by atoms with E-state index in [1.165, 1.54) is 6.07 Å². The average Bonchev–Trinajstić information content (AvgIpc) is 2.31. The molecule has 0 aliphatic rings. The lowest BCUT2D eigenvalue weighted by atomic mass is 10.2. The van der Waals surface area contributed by atoms with E-state index in [1.54, 1.807) is 0 Å². The second-order valence-corrected chi connectivity index (χ2v) is 3.48. The molecule has 1 aromatic rings. The van der Waals surface area contributed by atoms with Gasteiger partial charge in [0.1, 0.15) is 5.75 Å². The van der Waals surface area contributed by atoms with Gasteiger partial charge in [0.25, 0.3) is 5.69 Å². The molecule has 0 unspecified atom stereocenters. The number of nitrogens with one attached hydrogen (secondary N) is 2. The van der Waals surface area contributed by atoms with Crippen molar-refractivity contribution in [1.29, 1.82) is 0 Å². The molecule has 102 valence electrons. The minimum Gasteiger partial charge on any atom is -0.506 e. The summed E-state index contributed by atoms with van der Waals surface area (Å²) in [6.45, 7) is -0.0745. The number of hydrogen-bond acceptors (Lipinski definition) is 5. The highest BCUT2D eigenvalue weighted by Crippen LogP contribution is 2.27. The Kier molecular flexibility index (Phi) is 4.63. The molecular formula is C10H11N3O6. The van der Waals surface area contributed by atoms with E-state index in [1.807, 2.05) is 0 Å². The van der Waals surface area contributed by atoms with E-state index in [9.17, 15) is 24.8 Å². The summed E-state index contributed by atoms with van der Waals surface area (Å²) in [5.41, 5.74) is -0.326. The SMILES string of the molecule is O=C(O)CCNC(=O)Nc1ccc([N+](=O)[O-])cc1O. The van der Waals surface area contributed by atoms with Gasteiger partial charge in [-0.1, -0.05) is 0 Å². The van der Waals surface area contributed by atoms with Crippen LogP contribution < -0.4 is 10.6 Å². The first-order valence-electron chi connectivity index (χ1n) is 5.14. The number of hydrogen-bond donors (Lipinski definition) is 4. The molecule has 0 saturated carbocycles. The number of nitro groups is 1. The number of aliphatic carboxylic acids is 1. The Balaban J connectivity index is 2.59. The first kappa shape index (κ1) is 14.2. The third-order valence-corrected chi connectivity index (χ3v) is 2.06. The number of carboxylic acids is 1. The lowest BCUT2D eigenvalue weighted by Gasteiger charge is -2.07. The molecule has 4 N–H and O–H groups in total. The molecule has 0 fully saturated rings. The lowest BCUT2D eigenvalue weighted by Crippen LogP contribution is -2.30. The topological polar surface area (TPSA) is 142 Å². The number of aromatic hydroxyl groups is 1. The Labute approximate surface area is 107 Å². The summed E-state index contributed by atoms with van der Waals surface area (Å²) in [6, 6.07) is 2.47. The van der Waals surface area contributed by atoms with E-state index in [4.69, 9.17) is 5.11 Å². The van der Waals surface area contributed by atoms with Crippen molar-refractivity contribution < 1.29 is 24.7 Å². The number of phenols is 1. The van der Waals surface area contributed by atoms with E-state index in [2.05, 4.69) is 10.6 Å². The summed E-state index contributed by atoms with van der Waals surface area (Å²) in [5.74, 6) is -1.51. The van der Waals surface area contributed by atoms with Gasteiger partial charge in [-0.25, -0.2) is 4.79 Å². The second-order valence-electron chi connectivity index (χ2n) is 3.48. The van der Waals surface area contributed by atoms with Gasteiger partial charge in [0.2, 0.25) is 0 Å². The molecule has 0 spiro atoms. The maximum atomic E-state index is 11.3. The molecule has 0 aromatic heterocycles. The van der Waals surface area contributed by atoms with Crippen LogP contribution in [-0.2, 0) is 4.79 Å². The largest absolute Gasteiger partial charge is 0.506 e. The highest BCUT2D eigenvalue weighted by atomic mass is 16.6. The lowest BCUT2D eigenvalue weighted by molar-refractivity contribution is -0.384. The Morgan fingerprint density at radius 1 is 1.37 bits per heavy atom. The third-order valence-electron chi connectivity index (χ3n) is 2.06. The van der Waals surface area contributed by atoms with Gasteiger partial charge in [0, 0.05) is 12.6 Å². The Morgan fingerprint density at radius 2 is 2.05 bits per heavy atom. The fraction of sp³-hybridized carbons (Fsp3) is 0.200. The summed E-state index contributed by atoms with van der Waals surface area (Å²) in [7, 11) is 0. The van der Waals surface area contributed by atoms with Crippen molar-refractivity contribution >= 4 is 23.4 Å². The van der Waals surface area contributed by atoms with Gasteiger partial charge in [-0.2, -0.15) is 0 Å². The summed E-state index contributed by atoms with van der Waals surface area (Å²) in [5, 5.41) is 32.7. The molecule has 9 nitrogen and oxygen atoms in total. The molecule has 1 aromatic carbocycles. The minimum atomic E-state index is -1.06. The van der Waals surface area contributed by atoms with Crippen molar-refractivity contribution in [3.8, 4) is 5.75 Å². The number of carbonyl (C=O) groups excluding carboxylic acids is 1. The zero-order chi connectivity index (χ0) is 14.4. The first-order chi connectivity index (χ1) is 8.90. The van der Waals surface area contributed by atoms with Gasteiger partial charge >= 0.3 is 12.0 Å². The van der Waals surface area contributed by atoms with Crippen LogP contribution in [0.2, 0.25) is 0 Å². The van der Waals surface area contributed by atoms with Gasteiger partial charge in [-0.15, -0.1) is 0 Å². The quantitative estimate of drug-likeness (QED) is 0.355. The highest BCUT2D eigenvalue weighted by molar-refractivity contribution is 5.91. The van der Waals surface area contributed by atoms with Crippen molar-refractivity contribution in [2.24, 2.45) is 0 Å². The average molecular weight is 269 g/mol. The van der Waals surface area contributed by atoms with Gasteiger partial charge in [-0.3, -0.25) is 14.9 Å². The zero-order valence-corrected chi connectivity index (χ0v) is 9.62. The van der Waals surface area contributed by atoms with Crippen molar-refractivity contribution in [3.63, 3.8) is 0 Å². The number of nitro benzene ring substituents is 1. The standard InChI is InChI=1S/C10H11N3O6/c14-8-5-6(13(18)19)1-2-7(8)12-10(17)11-4-3-9(15)16/h1-2,5,14H,3-4H2,(H,15,16)(H2,11,12,17). The number of carbonyl (C=O) groups is 2. The molecule has 0 aliphatic carbocycles. The van der Waals surface area contributed by atoms with Crippen LogP contribution in [-0.4, -0.2) is 33.7 Å². The van der Waals surface area contributed by atoms with E-state index in [-0.39, 0.29) is 24.3 Å². The van der Waals surface area contributed by atoms with Crippen LogP contribution in [0, 0.1) is 10.1 Å². The van der Waals surface area contributed by atoms with Crippen LogP contribution in [0.25, 0.3) is 0 Å². The first-order valence-corrected chi connectivity index (χ1v) is 5.14. The van der Waals surface area contributed by atoms with Crippen molar-refractivity contribution in [2.75, 3.05) is 11.9 Å². The molecule has 0 aliphatic heterocycles. The number of urea groups is 1. The summed E-state index contributed by atoms with van der Waals surface area (Å²) < 4.78 is 0. The molecule has 1 rings (SSSR count). The minimum absolute atomic E-state index is 0.0153. The van der Waals surface area contributed by atoms with Crippen LogP contribution in [0.3, 0.4) is 0 Å². The van der Waals surface area contributed by atoms with Crippen LogP contribution in [0.4, 0.5) is 16.2 Å². The number of anilines is 1. The number of nitrogens with zero attached hydrogens (tertiary/aromatic N) is 1. The molecule has 0 heterocycles. The van der Waals surface area contributed by atoms with Crippen molar-refractivity contribution in [1.82, 2.24) is 5.32 Å². The van der Waals surface area contributed by atoms with Gasteiger partial charge < -0.3 is 20.8 Å². The predicted molar refractivity (Wildman–Crippen MR) is 64.0 cm³/mol. The van der Waals surface area contributed by atoms with Crippen LogP contribution in [0.1, 0.15) is 6.42 Å². The van der Waals surface area contributed by atoms with Crippen LogP contribution in [0.5, 0.6) is 5.75 Å². The van der Waals surface area contributed by atoms with E-state index >= 15 is 0 Å². The van der Waals surface area contributed by atoms with Crippen LogP contribution in [0.15, 0.2) is 18.2 Å². The second kappa shape index (κ2) is 6.19. The maximum absolute atomic E-state index is 11.3. The molecular weight excluding hydrogens is 258 g/mol. The van der Waals surface area contributed by atoms with Gasteiger partial charge in [-0.05, 0) is 6.07 Å². The van der Waals surface area contributed by atoms with Crippen molar-refractivity contribution in [2.45, 2.75) is 6.42 Å². The van der Waals surface area contributed by atoms with Crippen molar-refractivity contribution in [3.05, 3.63) is 28.3 Å². The molecule has 0 bridgehead atoms. The Hall–Kier alpha value is -2.84. The Morgan fingerprint density at radius 3 is 2.58 bits per heavy atom. The number of phenolic OH excluding ortho intramolecular Hbond substituents is 1. The number of non-ortho nitro benzene ring substituents is 1. The third kappa shape index (κ3) is 4.50. The number of benzene rings is 1. The Bertz CT molecular complexity index is 516.